The largest absolute Gasteiger partial charge is 0.273 e. The number of nitrogens with zero attached hydrogens (tertiary/aromatic N) is 2. The molecule has 1 aliphatic heterocycles. The zero-order valence-corrected chi connectivity index (χ0v) is 14.0. The molecule has 1 amide bonds. The highest BCUT2D eigenvalue weighted by Gasteiger charge is 2.36. The van der Waals surface area contributed by atoms with Crippen LogP contribution in [0.5, 0.6) is 0 Å². The molecular formula is C13H18N2O5S2. The van der Waals surface area contributed by atoms with E-state index in [4.69, 9.17) is 0 Å². The maximum absolute atomic E-state index is 12.3. The minimum atomic E-state index is -3.64. The number of sulfonamides is 2. The second-order valence-electron chi connectivity index (χ2n) is 4.81. The molecule has 0 unspecified atom stereocenters. The first-order valence-electron chi connectivity index (χ1n) is 6.90. The van der Waals surface area contributed by atoms with Gasteiger partial charge in [-0.25, -0.2) is 21.1 Å². The van der Waals surface area contributed by atoms with Gasteiger partial charge >= 0.3 is 0 Å². The molecule has 0 aliphatic carbocycles. The predicted molar refractivity (Wildman–Crippen MR) is 82.4 cm³/mol. The molecule has 0 spiro atoms. The number of rotatable bonds is 5. The fourth-order valence-corrected chi connectivity index (χ4v) is 5.25. The molecule has 9 heteroatoms. The van der Waals surface area contributed by atoms with E-state index in [2.05, 4.69) is 0 Å². The van der Waals surface area contributed by atoms with Crippen molar-refractivity contribution in [1.82, 2.24) is 4.31 Å². The average molecular weight is 346 g/mol. The van der Waals surface area contributed by atoms with Crippen LogP contribution in [-0.2, 0) is 24.8 Å². The summed E-state index contributed by atoms with van der Waals surface area (Å²) in [7, 11) is -7.24. The van der Waals surface area contributed by atoms with Crippen molar-refractivity contribution in [2.45, 2.75) is 25.2 Å². The zero-order chi connectivity index (χ0) is 16.5. The van der Waals surface area contributed by atoms with Gasteiger partial charge in [-0.2, -0.15) is 4.31 Å². The lowest BCUT2D eigenvalue weighted by Gasteiger charge is -2.19. The predicted octanol–water partition coefficient (Wildman–Crippen LogP) is 0.784. The number of carbonyl (C=O) groups is 1. The van der Waals surface area contributed by atoms with Gasteiger partial charge in [0.05, 0.1) is 16.3 Å². The molecule has 1 aliphatic rings. The highest BCUT2D eigenvalue weighted by molar-refractivity contribution is 7.94. The van der Waals surface area contributed by atoms with Crippen molar-refractivity contribution in [2.75, 3.05) is 23.1 Å². The van der Waals surface area contributed by atoms with Gasteiger partial charge in [0.15, 0.2) is 0 Å². The highest BCUT2D eigenvalue weighted by atomic mass is 32.2. The molecule has 0 radical (unpaired) electrons. The van der Waals surface area contributed by atoms with Crippen LogP contribution in [0.3, 0.4) is 0 Å². The fraction of sp³-hybridized carbons (Fsp3) is 0.462. The standard InChI is InChI=1S/C13H18N2O5S2/c1-3-14(4-2)22(19,20)12-7-5-11(6-8-12)15-13(16)9-10-21(15,17)18/h5-8H,3-4,9-10H2,1-2H3. The lowest BCUT2D eigenvalue weighted by molar-refractivity contribution is -0.116. The van der Waals surface area contributed by atoms with E-state index in [9.17, 15) is 21.6 Å². The van der Waals surface area contributed by atoms with E-state index < -0.39 is 26.0 Å². The van der Waals surface area contributed by atoms with Gasteiger partial charge in [0.2, 0.25) is 26.0 Å². The van der Waals surface area contributed by atoms with Gasteiger partial charge < -0.3 is 0 Å². The van der Waals surface area contributed by atoms with Crippen molar-refractivity contribution in [3.8, 4) is 0 Å². The van der Waals surface area contributed by atoms with Crippen LogP contribution in [-0.4, -0.2) is 45.9 Å². The molecule has 0 bridgehead atoms. The van der Waals surface area contributed by atoms with Gasteiger partial charge in [-0.3, -0.25) is 4.79 Å². The molecule has 1 aromatic carbocycles. The van der Waals surface area contributed by atoms with Gasteiger partial charge in [-0.1, -0.05) is 13.8 Å². The Kier molecular flexibility index (Phi) is 4.59. The van der Waals surface area contributed by atoms with Gasteiger partial charge in [0, 0.05) is 19.5 Å². The van der Waals surface area contributed by atoms with E-state index in [1.54, 1.807) is 13.8 Å². The summed E-state index contributed by atoms with van der Waals surface area (Å²) in [4.78, 5) is 11.8. The molecule has 7 nitrogen and oxygen atoms in total. The third-order valence-corrected chi connectivity index (χ3v) is 7.25. The number of amides is 1. The minimum Gasteiger partial charge on any atom is -0.273 e. The smallest absolute Gasteiger partial charge is 0.243 e. The quantitative estimate of drug-likeness (QED) is 0.786. The fourth-order valence-electron chi connectivity index (χ4n) is 2.33. The van der Waals surface area contributed by atoms with E-state index in [1.807, 2.05) is 0 Å². The first-order valence-corrected chi connectivity index (χ1v) is 9.95. The van der Waals surface area contributed by atoms with Crippen molar-refractivity contribution >= 4 is 31.6 Å². The van der Waals surface area contributed by atoms with E-state index in [0.717, 1.165) is 4.31 Å². The molecule has 0 N–H and O–H groups in total. The monoisotopic (exact) mass is 346 g/mol. The molecule has 2 rings (SSSR count). The van der Waals surface area contributed by atoms with Crippen LogP contribution in [0.4, 0.5) is 5.69 Å². The van der Waals surface area contributed by atoms with Gasteiger partial charge in [-0.15, -0.1) is 0 Å². The summed E-state index contributed by atoms with van der Waals surface area (Å²) in [5, 5.41) is 0. The van der Waals surface area contributed by atoms with Crippen molar-refractivity contribution in [3.63, 3.8) is 0 Å². The Labute approximate surface area is 130 Å². The van der Waals surface area contributed by atoms with Crippen molar-refractivity contribution in [3.05, 3.63) is 24.3 Å². The average Bonchev–Trinajstić information content (AvgIpc) is 2.73. The molecule has 22 heavy (non-hydrogen) atoms. The number of hydrogen-bond donors (Lipinski definition) is 0. The van der Waals surface area contributed by atoms with Crippen LogP contribution in [0, 0.1) is 0 Å². The van der Waals surface area contributed by atoms with Crippen LogP contribution >= 0.6 is 0 Å². The normalized spacial score (nSPS) is 18.1. The Morgan fingerprint density at radius 3 is 2.09 bits per heavy atom. The summed E-state index contributed by atoms with van der Waals surface area (Å²) >= 11 is 0. The lowest BCUT2D eigenvalue weighted by atomic mass is 10.3. The lowest BCUT2D eigenvalue weighted by Crippen LogP contribution is -2.31. The minimum absolute atomic E-state index is 0.0537. The topological polar surface area (TPSA) is 91.8 Å². The van der Waals surface area contributed by atoms with Crippen LogP contribution in [0.1, 0.15) is 20.3 Å². The maximum Gasteiger partial charge on any atom is 0.243 e. The highest BCUT2D eigenvalue weighted by Crippen LogP contribution is 2.27. The molecule has 1 fully saturated rings. The summed E-state index contributed by atoms with van der Waals surface area (Å²) < 4.78 is 50.4. The summed E-state index contributed by atoms with van der Waals surface area (Å²) in [5.41, 5.74) is 0.168. The summed E-state index contributed by atoms with van der Waals surface area (Å²) in [6, 6.07) is 5.34. The first-order chi connectivity index (χ1) is 10.2. The number of anilines is 1. The van der Waals surface area contributed by atoms with E-state index in [-0.39, 0.29) is 22.8 Å². The van der Waals surface area contributed by atoms with E-state index in [0.29, 0.717) is 13.1 Å². The SMILES string of the molecule is CCN(CC)S(=O)(=O)c1ccc(N2C(=O)CCS2(=O)=O)cc1. The van der Waals surface area contributed by atoms with Crippen molar-refractivity contribution in [1.29, 1.82) is 0 Å². The first kappa shape index (κ1) is 16.9. The second-order valence-corrected chi connectivity index (χ2v) is 8.68. The second kappa shape index (κ2) is 5.98. The van der Waals surface area contributed by atoms with Gasteiger partial charge in [-0.05, 0) is 24.3 Å². The Hall–Kier alpha value is -1.45. The molecule has 0 saturated carbocycles. The Bertz CT molecular complexity index is 765. The zero-order valence-electron chi connectivity index (χ0n) is 12.4. The summed E-state index contributed by atoms with van der Waals surface area (Å²) in [6.07, 6.45) is -0.0537. The van der Waals surface area contributed by atoms with E-state index >= 15 is 0 Å². The van der Waals surface area contributed by atoms with Crippen LogP contribution < -0.4 is 4.31 Å². The van der Waals surface area contributed by atoms with Gasteiger partial charge in [0.1, 0.15) is 0 Å². The molecular weight excluding hydrogens is 328 g/mol. The number of hydrogen-bond acceptors (Lipinski definition) is 5. The molecule has 0 atom stereocenters. The third-order valence-electron chi connectivity index (χ3n) is 3.49. The number of benzene rings is 1. The van der Waals surface area contributed by atoms with Crippen molar-refractivity contribution < 1.29 is 21.6 Å². The Balaban J connectivity index is 2.38. The third kappa shape index (κ3) is 2.88. The number of carbonyl (C=O) groups excluding carboxylic acids is 1. The molecule has 0 aromatic heterocycles. The van der Waals surface area contributed by atoms with Crippen molar-refractivity contribution in [2.24, 2.45) is 0 Å². The van der Waals surface area contributed by atoms with Crippen LogP contribution in [0.25, 0.3) is 0 Å². The maximum atomic E-state index is 12.3. The van der Waals surface area contributed by atoms with Crippen LogP contribution in [0.2, 0.25) is 0 Å². The molecule has 1 heterocycles. The Morgan fingerprint density at radius 1 is 1.14 bits per heavy atom. The summed E-state index contributed by atoms with van der Waals surface area (Å²) in [6.45, 7) is 4.18. The molecule has 1 aromatic rings. The Morgan fingerprint density at radius 2 is 1.68 bits per heavy atom. The summed E-state index contributed by atoms with van der Waals surface area (Å²) in [5.74, 6) is -0.718. The molecule has 122 valence electrons. The van der Waals surface area contributed by atoms with E-state index in [1.165, 1.54) is 28.6 Å². The van der Waals surface area contributed by atoms with Crippen LogP contribution in [0.15, 0.2) is 29.2 Å². The molecule has 1 saturated heterocycles. The van der Waals surface area contributed by atoms with Gasteiger partial charge in [0.25, 0.3) is 0 Å².